The number of alkyl halides is 6. The van der Waals surface area contributed by atoms with Crippen LogP contribution in [0.2, 0.25) is 0 Å². The summed E-state index contributed by atoms with van der Waals surface area (Å²) in [7, 11) is 3.90. The number of benzene rings is 4. The van der Waals surface area contributed by atoms with Gasteiger partial charge in [0.05, 0.1) is 28.8 Å². The van der Waals surface area contributed by atoms with Crippen molar-refractivity contribution in [2.24, 2.45) is 41.4 Å². The molecule has 6 rings (SSSR count). The molecule has 19 nitrogen and oxygen atoms in total. The summed E-state index contributed by atoms with van der Waals surface area (Å²) >= 11 is 0. The minimum atomic E-state index is -4.57. The van der Waals surface area contributed by atoms with Crippen molar-refractivity contribution in [3.63, 3.8) is 0 Å². The van der Waals surface area contributed by atoms with Crippen LogP contribution in [-0.2, 0) is 73.1 Å². The van der Waals surface area contributed by atoms with Crippen LogP contribution in [0.5, 0.6) is 0 Å². The molecular formula is C76H103BF6N6O13. The maximum absolute atomic E-state index is 15.7. The van der Waals surface area contributed by atoms with E-state index in [0.717, 1.165) is 46.2 Å². The predicted molar refractivity (Wildman–Crippen MR) is 375 cm³/mol. The molecule has 4 aromatic rings. The first-order valence-corrected chi connectivity index (χ1v) is 35.0. The second kappa shape index (κ2) is 36.5. The zero-order valence-electron chi connectivity index (χ0n) is 61.5. The second-order valence-electron chi connectivity index (χ2n) is 29.1. The first-order valence-electron chi connectivity index (χ1n) is 35.0. The Balaban J connectivity index is 0.00000129. The fourth-order valence-electron chi connectivity index (χ4n) is 13.7. The van der Waals surface area contributed by atoms with E-state index in [-0.39, 0.29) is 56.5 Å². The quantitative estimate of drug-likeness (QED) is 0.0492. The van der Waals surface area contributed by atoms with E-state index in [2.05, 4.69) is 5.32 Å². The Morgan fingerprint density at radius 3 is 1.63 bits per heavy atom. The molecule has 102 heavy (non-hydrogen) atoms. The van der Waals surface area contributed by atoms with E-state index < -0.39 is 167 Å². The number of likely N-dealkylation sites (N-methyl/N-ethyl adjacent to an activating group) is 4. The zero-order valence-corrected chi connectivity index (χ0v) is 61.5. The van der Waals surface area contributed by atoms with Crippen LogP contribution in [0, 0.1) is 41.4 Å². The van der Waals surface area contributed by atoms with Gasteiger partial charge in [0.15, 0.2) is 23.7 Å². The minimum absolute atomic E-state index is 0.0352. The van der Waals surface area contributed by atoms with Crippen LogP contribution < -0.4 is 10.8 Å². The highest BCUT2D eigenvalue weighted by atomic mass is 19.4. The summed E-state index contributed by atoms with van der Waals surface area (Å²) in [6, 6.07) is 16.0. The van der Waals surface area contributed by atoms with Gasteiger partial charge in [0.1, 0.15) is 18.1 Å². The Kier molecular flexibility index (Phi) is 30.3. The van der Waals surface area contributed by atoms with Crippen LogP contribution in [0.4, 0.5) is 26.3 Å². The van der Waals surface area contributed by atoms with Crippen molar-refractivity contribution in [3.05, 3.63) is 125 Å². The van der Waals surface area contributed by atoms with E-state index in [4.69, 9.17) is 14.8 Å². The van der Waals surface area contributed by atoms with E-state index in [1.54, 1.807) is 96.1 Å². The molecule has 0 bridgehead atoms. The fraction of sp³-hybridized carbons (Fsp3) is 0.566. The van der Waals surface area contributed by atoms with Crippen molar-refractivity contribution in [2.45, 2.75) is 201 Å². The van der Waals surface area contributed by atoms with Gasteiger partial charge in [0.2, 0.25) is 29.5 Å². The van der Waals surface area contributed by atoms with E-state index in [9.17, 15) is 45.8 Å². The number of nitrogens with zero attached hydrogens (tertiary/aromatic N) is 5. The summed E-state index contributed by atoms with van der Waals surface area (Å²) < 4.78 is 83.1. The lowest BCUT2D eigenvalue weighted by molar-refractivity contribution is -0.178. The molecular weight excluding hydrogens is 1330 g/mol. The van der Waals surface area contributed by atoms with Crippen molar-refractivity contribution >= 4 is 65.6 Å². The summed E-state index contributed by atoms with van der Waals surface area (Å²) in [5.74, 6) is -10.3. The monoisotopic (exact) mass is 1430 g/mol. The Bertz CT molecular complexity index is 3510. The van der Waals surface area contributed by atoms with Crippen LogP contribution >= 0.6 is 0 Å². The number of cyclic esters (lactones) is 1. The molecule has 0 aliphatic carbocycles. The number of ketones is 2. The highest BCUT2D eigenvalue weighted by Gasteiger charge is 2.48. The molecule has 2 aliphatic rings. The van der Waals surface area contributed by atoms with Gasteiger partial charge >= 0.3 is 25.4 Å². The summed E-state index contributed by atoms with van der Waals surface area (Å²) in [6.07, 6.45) is -9.85. The van der Waals surface area contributed by atoms with Gasteiger partial charge in [-0.15, -0.1) is 0 Å². The van der Waals surface area contributed by atoms with E-state index in [1.807, 2.05) is 27.7 Å². The lowest BCUT2D eigenvalue weighted by atomic mass is 9.80. The number of esters is 1. The van der Waals surface area contributed by atoms with E-state index in [1.165, 1.54) is 68.9 Å². The molecule has 0 aromatic heterocycles. The van der Waals surface area contributed by atoms with Crippen molar-refractivity contribution < 1.29 is 89.4 Å². The summed E-state index contributed by atoms with van der Waals surface area (Å²) in [5, 5.41) is 31.9. The van der Waals surface area contributed by atoms with Gasteiger partial charge in [-0.05, 0) is 103 Å². The number of hydrogen-bond acceptors (Lipinski definition) is 13. The third-order valence-corrected chi connectivity index (χ3v) is 19.6. The maximum atomic E-state index is 15.7. The molecule has 0 spiro atoms. The third kappa shape index (κ3) is 22.0. The normalized spacial score (nSPS) is 23.5. The standard InChI is InChI=1S/C69H97F3N6O11.C7H6BF3O2/c1-17-43(9)51-39-55(79)53-28-23-33-78(53)65(85)54(37-46-26-22-27-48(35-46)47-29-31-50(32-30-47)69(70,71)72)74(13)64(84)52(36-45-24-20-19-21-25-45)73-61(81)58(42(7)8)76(15)66(86)59(44(10)18-2)89-67(87)60(68(11,12)88)77(16)62(82)49(34-40(3)4)38-56(80)57(41(5)6)75(14)63(51)83;9-7(10,11)5-1-3-6(4-2-5)8(12)13/h19-22,24-27,29-32,35,40-44,49,51-54,57-60,88H,17-18,23,28,33-34,36-39H2,1-16H3,(H,73,81);1-4,12-13H/t43?,44?,49-,51+,52+,53?,54?,57+,58+,59-,60-;/m1./s1. The van der Waals surface area contributed by atoms with Crippen molar-refractivity contribution in [3.8, 4) is 11.1 Å². The third-order valence-electron chi connectivity index (χ3n) is 19.6. The number of amides is 6. The Hall–Kier alpha value is -7.97. The van der Waals surface area contributed by atoms with Gasteiger partial charge in [-0.2, -0.15) is 26.3 Å². The van der Waals surface area contributed by atoms with Gasteiger partial charge in [-0.25, -0.2) is 4.79 Å². The molecule has 560 valence electrons. The molecule has 0 radical (unpaired) electrons. The van der Waals surface area contributed by atoms with E-state index >= 15 is 28.8 Å². The van der Waals surface area contributed by atoms with Crippen LogP contribution in [0.15, 0.2) is 103 Å². The predicted octanol–water partition coefficient (Wildman–Crippen LogP) is 9.62. The minimum Gasteiger partial charge on any atom is -0.450 e. The largest absolute Gasteiger partial charge is 0.488 e. The molecule has 4 N–H and O–H groups in total. The summed E-state index contributed by atoms with van der Waals surface area (Å²) in [6.45, 7) is 20.6. The van der Waals surface area contributed by atoms with Crippen molar-refractivity contribution in [1.29, 1.82) is 0 Å². The SMILES string of the molecule is CCC(C)[C@@H]1CC(=O)C2CCCN2C(=O)C(Cc2cccc(-c3ccc(C(F)(F)F)cc3)c2)N(C)C(=O)[C@H](Cc2ccccc2)NC(=O)[C@H](C(C)C)N(C)C(=O)[C@@H](C(C)CC)OC(=O)[C@H](C(C)(C)O)N(C)C(=O)[C@H](CC(C)C)CC(=O)[C@H](C(C)C)N(C)C1=O.OB(O)c1ccc(C(F)(F)F)cc1. The molecule has 2 heterocycles. The van der Waals surface area contributed by atoms with Crippen LogP contribution in [0.1, 0.15) is 150 Å². The number of halogens is 6. The Morgan fingerprint density at radius 1 is 0.578 bits per heavy atom. The number of aliphatic hydroxyl groups is 1. The average Bonchev–Trinajstić information content (AvgIpc) is 1.31. The Labute approximate surface area is 596 Å². The lowest BCUT2D eigenvalue weighted by Gasteiger charge is -2.39. The fourth-order valence-corrected chi connectivity index (χ4v) is 13.7. The smallest absolute Gasteiger partial charge is 0.450 e. The first-order chi connectivity index (χ1) is 47.5. The molecule has 4 aromatic carbocycles. The molecule has 4 unspecified atom stereocenters. The molecule has 2 saturated heterocycles. The molecule has 6 amide bonds. The number of fused-ring (bicyclic) bond motifs is 1. The number of hydrogen-bond donors (Lipinski definition) is 4. The van der Waals surface area contributed by atoms with Crippen molar-refractivity contribution in [2.75, 3.05) is 34.7 Å². The van der Waals surface area contributed by atoms with Crippen LogP contribution in [0.25, 0.3) is 11.1 Å². The number of carbonyl (C=O) groups is 9. The van der Waals surface area contributed by atoms with Gasteiger partial charge < -0.3 is 49.7 Å². The second-order valence-corrected chi connectivity index (χ2v) is 29.1. The molecule has 26 heteroatoms. The van der Waals surface area contributed by atoms with E-state index in [0.29, 0.717) is 41.5 Å². The lowest BCUT2D eigenvalue weighted by Crippen LogP contribution is -2.61. The Morgan fingerprint density at radius 2 is 1.12 bits per heavy atom. The molecule has 2 fully saturated rings. The molecule has 2 aliphatic heterocycles. The summed E-state index contributed by atoms with van der Waals surface area (Å²) in [4.78, 5) is 143. The number of ether oxygens (including phenoxy) is 1. The van der Waals surface area contributed by atoms with Gasteiger partial charge in [0.25, 0.3) is 5.91 Å². The van der Waals surface area contributed by atoms with Crippen LogP contribution in [-0.4, -0.2) is 182 Å². The van der Waals surface area contributed by atoms with Gasteiger partial charge in [-0.3, -0.25) is 38.4 Å². The average molecular weight is 1430 g/mol. The number of Topliss-reactive ketones (excluding diaryl/α,β-unsaturated/α-hetero) is 2. The first kappa shape index (κ1) is 84.7. The molecule has 11 atom stereocenters. The highest BCUT2D eigenvalue weighted by molar-refractivity contribution is 6.58. The van der Waals surface area contributed by atoms with Gasteiger partial charge in [0, 0.05) is 78.2 Å². The van der Waals surface area contributed by atoms with Crippen molar-refractivity contribution in [1.82, 2.24) is 29.8 Å². The van der Waals surface area contributed by atoms with Gasteiger partial charge in [-0.1, -0.05) is 167 Å². The maximum Gasteiger partial charge on any atom is 0.488 e. The number of rotatable bonds is 15. The number of nitrogens with one attached hydrogen (secondary N) is 1. The number of carbonyl (C=O) groups excluding carboxylic acids is 9. The van der Waals surface area contributed by atoms with Crippen LogP contribution in [0.3, 0.4) is 0 Å². The summed E-state index contributed by atoms with van der Waals surface area (Å²) in [5.41, 5.74) is -1.47. The highest BCUT2D eigenvalue weighted by Crippen LogP contribution is 2.35. The zero-order chi connectivity index (χ0) is 76.8. The molecule has 0 saturated carbocycles. The topological polar surface area (TPSA) is 252 Å².